The first-order valence-corrected chi connectivity index (χ1v) is 8.35. The molecule has 2 amide bonds. The summed E-state index contributed by atoms with van der Waals surface area (Å²) in [6.45, 7) is 0. The molecule has 0 atom stereocenters. The van der Waals surface area contributed by atoms with E-state index in [2.05, 4.69) is 16.0 Å². The van der Waals surface area contributed by atoms with E-state index >= 15 is 0 Å². The fourth-order valence-corrected chi connectivity index (χ4v) is 2.52. The molecule has 2 aromatic carbocycles. The van der Waals surface area contributed by atoms with Crippen molar-refractivity contribution < 1.29 is 14.0 Å². The molecule has 0 saturated heterocycles. The van der Waals surface area contributed by atoms with Crippen LogP contribution in [0.15, 0.2) is 71.3 Å². The Morgan fingerprint density at radius 3 is 2.15 bits per heavy atom. The minimum atomic E-state index is -0.510. The molecule has 7 nitrogen and oxygen atoms in total. The lowest BCUT2D eigenvalue weighted by atomic mass is 10.2. The lowest BCUT2D eigenvalue weighted by molar-refractivity contribution is 0.0990. The third-order valence-corrected chi connectivity index (χ3v) is 3.75. The summed E-state index contributed by atoms with van der Waals surface area (Å²) < 4.78 is 5.04. The maximum absolute atomic E-state index is 11.9. The molecule has 0 spiro atoms. The number of carbonyl (C=O) groups excluding carboxylic acids is 2. The van der Waals surface area contributed by atoms with Crippen LogP contribution in [0.5, 0.6) is 0 Å². The Hall–Kier alpha value is -3.65. The molecule has 0 aliphatic carbocycles. The monoisotopic (exact) mass is 380 g/mol. The van der Waals surface area contributed by atoms with Crippen LogP contribution in [0, 0.1) is 0 Å². The second-order valence-electron chi connectivity index (χ2n) is 5.53. The van der Waals surface area contributed by atoms with Crippen LogP contribution in [0.2, 0.25) is 0 Å². The van der Waals surface area contributed by atoms with Crippen molar-refractivity contribution in [3.05, 3.63) is 78.3 Å². The molecule has 0 saturated carbocycles. The highest BCUT2D eigenvalue weighted by molar-refractivity contribution is 7.80. The molecule has 8 heteroatoms. The third-order valence-electron chi connectivity index (χ3n) is 3.55. The molecule has 0 radical (unpaired) electrons. The van der Waals surface area contributed by atoms with Gasteiger partial charge in [0.25, 0.3) is 5.91 Å². The van der Waals surface area contributed by atoms with Crippen molar-refractivity contribution in [1.29, 1.82) is 0 Å². The average molecular weight is 380 g/mol. The first kappa shape index (κ1) is 18.2. The van der Waals surface area contributed by atoms with Crippen molar-refractivity contribution in [2.45, 2.75) is 0 Å². The largest absolute Gasteiger partial charge is 0.459 e. The van der Waals surface area contributed by atoms with Crippen LogP contribution in [0.25, 0.3) is 0 Å². The highest BCUT2D eigenvalue weighted by atomic mass is 32.1. The van der Waals surface area contributed by atoms with Crippen LogP contribution in [0.3, 0.4) is 0 Å². The van der Waals surface area contributed by atoms with Gasteiger partial charge in [-0.2, -0.15) is 0 Å². The van der Waals surface area contributed by atoms with E-state index in [9.17, 15) is 9.59 Å². The second-order valence-corrected chi connectivity index (χ2v) is 5.94. The van der Waals surface area contributed by atoms with Crippen LogP contribution < -0.4 is 21.7 Å². The zero-order chi connectivity index (χ0) is 19.2. The van der Waals surface area contributed by atoms with Crippen molar-refractivity contribution in [2.75, 3.05) is 16.0 Å². The predicted octanol–water partition coefficient (Wildman–Crippen LogP) is 3.44. The number of primary amides is 1. The standard InChI is InChI=1S/C19H16N4O3S/c20-17(24)12-3-1-4-15(11-12)23-19(27)22-14-8-6-13(7-9-14)21-18(25)16-5-2-10-26-16/h1-11H,(H2,20,24)(H,21,25)(H2,22,23,27). The van der Waals surface area contributed by atoms with Gasteiger partial charge < -0.3 is 26.1 Å². The average Bonchev–Trinajstić information content (AvgIpc) is 3.18. The third kappa shape index (κ3) is 4.93. The van der Waals surface area contributed by atoms with Gasteiger partial charge in [0.05, 0.1) is 6.26 Å². The first-order chi connectivity index (χ1) is 13.0. The molecule has 3 aromatic rings. The van der Waals surface area contributed by atoms with Crippen molar-refractivity contribution in [2.24, 2.45) is 5.73 Å². The molecule has 0 unspecified atom stereocenters. The van der Waals surface area contributed by atoms with Crippen LogP contribution in [0.4, 0.5) is 17.1 Å². The number of amides is 2. The molecule has 0 aliphatic heterocycles. The van der Waals surface area contributed by atoms with E-state index in [1.54, 1.807) is 60.7 Å². The smallest absolute Gasteiger partial charge is 0.291 e. The number of benzene rings is 2. The van der Waals surface area contributed by atoms with E-state index < -0.39 is 5.91 Å². The number of carbonyl (C=O) groups is 2. The van der Waals surface area contributed by atoms with E-state index in [0.29, 0.717) is 22.1 Å². The summed E-state index contributed by atoms with van der Waals surface area (Å²) in [6, 6.07) is 17.0. The number of hydrogen-bond acceptors (Lipinski definition) is 4. The van der Waals surface area contributed by atoms with Gasteiger partial charge in [-0.1, -0.05) is 6.07 Å². The molecular weight excluding hydrogens is 364 g/mol. The van der Waals surface area contributed by atoms with Gasteiger partial charge in [0.2, 0.25) is 5.91 Å². The lowest BCUT2D eigenvalue weighted by Gasteiger charge is -2.12. The van der Waals surface area contributed by atoms with E-state index in [1.807, 2.05) is 0 Å². The van der Waals surface area contributed by atoms with Gasteiger partial charge in [-0.15, -0.1) is 0 Å². The quantitative estimate of drug-likeness (QED) is 0.505. The topological polar surface area (TPSA) is 109 Å². The molecule has 0 aliphatic rings. The molecule has 0 fully saturated rings. The van der Waals surface area contributed by atoms with E-state index in [4.69, 9.17) is 22.4 Å². The van der Waals surface area contributed by atoms with Gasteiger partial charge in [0, 0.05) is 22.6 Å². The Morgan fingerprint density at radius 2 is 1.52 bits per heavy atom. The highest BCUT2D eigenvalue weighted by Gasteiger charge is 2.08. The number of furan rings is 1. The van der Waals surface area contributed by atoms with E-state index in [1.165, 1.54) is 6.26 Å². The Balaban J connectivity index is 1.57. The van der Waals surface area contributed by atoms with E-state index in [-0.39, 0.29) is 11.7 Å². The normalized spacial score (nSPS) is 10.1. The summed E-state index contributed by atoms with van der Waals surface area (Å²) in [6.07, 6.45) is 1.44. The van der Waals surface area contributed by atoms with Crippen LogP contribution in [0.1, 0.15) is 20.9 Å². The maximum Gasteiger partial charge on any atom is 0.291 e. The summed E-state index contributed by atoms with van der Waals surface area (Å²) in [5.41, 5.74) is 7.65. The molecule has 0 bridgehead atoms. The van der Waals surface area contributed by atoms with Gasteiger partial charge in [-0.3, -0.25) is 9.59 Å². The predicted molar refractivity (Wildman–Crippen MR) is 108 cm³/mol. The fraction of sp³-hybridized carbons (Fsp3) is 0. The summed E-state index contributed by atoms with van der Waals surface area (Å²) >= 11 is 5.26. The van der Waals surface area contributed by atoms with Gasteiger partial charge in [0.1, 0.15) is 0 Å². The van der Waals surface area contributed by atoms with Crippen molar-refractivity contribution in [3.63, 3.8) is 0 Å². The Kier molecular flexibility index (Phi) is 5.48. The molecule has 136 valence electrons. The molecule has 1 heterocycles. The Bertz CT molecular complexity index is 969. The molecule has 3 rings (SSSR count). The summed E-state index contributed by atoms with van der Waals surface area (Å²) in [5.74, 6) is -0.599. The molecule has 5 N–H and O–H groups in total. The first-order valence-electron chi connectivity index (χ1n) is 7.94. The zero-order valence-electron chi connectivity index (χ0n) is 14.1. The van der Waals surface area contributed by atoms with Crippen molar-refractivity contribution >= 4 is 46.2 Å². The minimum absolute atomic E-state index is 0.237. The number of rotatable bonds is 5. The van der Waals surface area contributed by atoms with Gasteiger partial charge >= 0.3 is 0 Å². The number of nitrogens with one attached hydrogen (secondary N) is 3. The summed E-state index contributed by atoms with van der Waals surface area (Å²) in [7, 11) is 0. The summed E-state index contributed by atoms with van der Waals surface area (Å²) in [4.78, 5) is 23.2. The van der Waals surface area contributed by atoms with Gasteiger partial charge in [-0.25, -0.2) is 0 Å². The second kappa shape index (κ2) is 8.15. The maximum atomic E-state index is 11.9. The Morgan fingerprint density at radius 1 is 0.852 bits per heavy atom. The number of thiocarbonyl (C=S) groups is 1. The van der Waals surface area contributed by atoms with Crippen LogP contribution >= 0.6 is 12.2 Å². The van der Waals surface area contributed by atoms with Gasteiger partial charge in [0.15, 0.2) is 10.9 Å². The van der Waals surface area contributed by atoms with E-state index in [0.717, 1.165) is 5.69 Å². The number of nitrogens with two attached hydrogens (primary N) is 1. The molecule has 1 aromatic heterocycles. The van der Waals surface area contributed by atoms with Crippen LogP contribution in [-0.2, 0) is 0 Å². The number of anilines is 3. The van der Waals surface area contributed by atoms with Crippen molar-refractivity contribution in [3.8, 4) is 0 Å². The SMILES string of the molecule is NC(=O)c1cccc(NC(=S)Nc2ccc(NC(=O)c3ccco3)cc2)c1. The Labute approximate surface area is 160 Å². The summed E-state index contributed by atoms with van der Waals surface area (Å²) in [5, 5.41) is 9.08. The highest BCUT2D eigenvalue weighted by Crippen LogP contribution is 2.16. The number of hydrogen-bond donors (Lipinski definition) is 4. The van der Waals surface area contributed by atoms with Crippen molar-refractivity contribution in [1.82, 2.24) is 0 Å². The van der Waals surface area contributed by atoms with Crippen LogP contribution in [-0.4, -0.2) is 16.9 Å². The molecule has 27 heavy (non-hydrogen) atoms. The fourth-order valence-electron chi connectivity index (χ4n) is 2.28. The zero-order valence-corrected chi connectivity index (χ0v) is 14.9. The van der Waals surface area contributed by atoms with Gasteiger partial charge in [-0.05, 0) is 66.8 Å². The minimum Gasteiger partial charge on any atom is -0.459 e. The molecular formula is C19H16N4O3S. The lowest BCUT2D eigenvalue weighted by Crippen LogP contribution is -2.19.